The first-order valence-electron chi connectivity index (χ1n) is 13.4. The number of aromatic nitrogens is 3. The number of fused-ring (bicyclic) bond motifs is 2. The van der Waals surface area contributed by atoms with E-state index in [-0.39, 0.29) is 42.0 Å². The van der Waals surface area contributed by atoms with Crippen LogP contribution in [-0.4, -0.2) is 52.8 Å². The van der Waals surface area contributed by atoms with Crippen LogP contribution in [-0.2, 0) is 16.1 Å². The standard InChI is InChI=1S/C28H29F3N4O5/c1-15-9-18-10-19(11-22(15)35(18)27-32-12-17(13-33-27)26(36)37-2)38-14-21-24(34-40-25(21)16-7-8-16)20-5-3-4-6-23(20)39-28(29,30)31/h3-6,12-13,15-16,18-19,22H,7-11,14H2,1-2H3. The van der Waals surface area contributed by atoms with Crippen LogP contribution in [0.4, 0.5) is 19.1 Å². The van der Waals surface area contributed by atoms with E-state index in [0.717, 1.165) is 32.1 Å². The maximum atomic E-state index is 13.1. The number of esters is 1. The zero-order valence-corrected chi connectivity index (χ0v) is 22.1. The van der Waals surface area contributed by atoms with Gasteiger partial charge in [0.15, 0.2) is 0 Å². The highest BCUT2D eigenvalue weighted by Crippen LogP contribution is 2.47. The Labute approximate surface area is 228 Å². The molecule has 0 radical (unpaired) electrons. The Morgan fingerprint density at radius 3 is 2.55 bits per heavy atom. The number of rotatable bonds is 8. The van der Waals surface area contributed by atoms with Crippen molar-refractivity contribution in [1.82, 2.24) is 15.1 Å². The van der Waals surface area contributed by atoms with Gasteiger partial charge in [0.05, 0.1) is 25.4 Å². The topological polar surface area (TPSA) is 99.8 Å². The molecule has 1 aromatic carbocycles. The molecule has 40 heavy (non-hydrogen) atoms. The van der Waals surface area contributed by atoms with Crippen LogP contribution in [0.5, 0.6) is 5.75 Å². The molecular formula is C28H29F3N4O5. The van der Waals surface area contributed by atoms with E-state index >= 15 is 0 Å². The van der Waals surface area contributed by atoms with Gasteiger partial charge in [-0.2, -0.15) is 0 Å². The molecule has 4 unspecified atom stereocenters. The van der Waals surface area contributed by atoms with E-state index in [4.69, 9.17) is 14.0 Å². The van der Waals surface area contributed by atoms with Crippen molar-refractivity contribution >= 4 is 11.9 Å². The minimum atomic E-state index is -4.83. The van der Waals surface area contributed by atoms with E-state index in [1.807, 2.05) is 0 Å². The summed E-state index contributed by atoms with van der Waals surface area (Å²) in [5.74, 6) is 1.01. The van der Waals surface area contributed by atoms with Crippen molar-refractivity contribution in [2.75, 3.05) is 12.0 Å². The van der Waals surface area contributed by atoms with Gasteiger partial charge >= 0.3 is 12.3 Å². The number of para-hydroxylation sites is 1. The van der Waals surface area contributed by atoms with E-state index in [1.54, 1.807) is 12.1 Å². The maximum absolute atomic E-state index is 13.1. The van der Waals surface area contributed by atoms with Crippen LogP contribution in [0.3, 0.4) is 0 Å². The summed E-state index contributed by atoms with van der Waals surface area (Å²) in [6, 6.07) is 6.26. The highest BCUT2D eigenvalue weighted by Gasteiger charge is 2.47. The monoisotopic (exact) mass is 558 g/mol. The highest BCUT2D eigenvalue weighted by atomic mass is 19.4. The van der Waals surface area contributed by atoms with E-state index in [2.05, 4.69) is 31.7 Å². The lowest BCUT2D eigenvalue weighted by Gasteiger charge is -2.39. The number of piperidine rings is 1. The van der Waals surface area contributed by atoms with Crippen molar-refractivity contribution in [1.29, 1.82) is 0 Å². The number of benzene rings is 1. The molecule has 3 fully saturated rings. The molecule has 4 heterocycles. The quantitative estimate of drug-likeness (QED) is 0.325. The largest absolute Gasteiger partial charge is 0.573 e. The Morgan fingerprint density at radius 1 is 1.12 bits per heavy atom. The van der Waals surface area contributed by atoms with E-state index < -0.39 is 12.3 Å². The van der Waals surface area contributed by atoms with Gasteiger partial charge in [0.25, 0.3) is 0 Å². The number of nitrogens with zero attached hydrogens (tertiary/aromatic N) is 4. The molecule has 2 bridgehead atoms. The van der Waals surface area contributed by atoms with Gasteiger partial charge in [-0.25, -0.2) is 14.8 Å². The van der Waals surface area contributed by atoms with Crippen LogP contribution in [0.15, 0.2) is 41.2 Å². The maximum Gasteiger partial charge on any atom is 0.573 e. The average molecular weight is 559 g/mol. The van der Waals surface area contributed by atoms with Crippen molar-refractivity contribution in [2.45, 2.75) is 76.1 Å². The van der Waals surface area contributed by atoms with Gasteiger partial charge in [0.1, 0.15) is 17.2 Å². The fraction of sp³-hybridized carbons (Fsp3) is 0.500. The highest BCUT2D eigenvalue weighted by molar-refractivity contribution is 5.88. The predicted molar refractivity (Wildman–Crippen MR) is 136 cm³/mol. The van der Waals surface area contributed by atoms with Crippen LogP contribution >= 0.6 is 0 Å². The third kappa shape index (κ3) is 5.24. The second-order valence-electron chi connectivity index (χ2n) is 10.7. The van der Waals surface area contributed by atoms with Crippen LogP contribution in [0.1, 0.15) is 66.6 Å². The number of alkyl halides is 3. The number of carbonyl (C=O) groups is 1. The van der Waals surface area contributed by atoms with Gasteiger partial charge in [-0.15, -0.1) is 13.2 Å². The first-order valence-corrected chi connectivity index (χ1v) is 13.4. The molecule has 0 spiro atoms. The number of hydrogen-bond acceptors (Lipinski definition) is 9. The van der Waals surface area contributed by atoms with Gasteiger partial charge in [0.2, 0.25) is 5.95 Å². The molecule has 0 N–H and O–H groups in total. The number of ether oxygens (including phenoxy) is 3. The minimum Gasteiger partial charge on any atom is -0.465 e. The fourth-order valence-electron chi connectivity index (χ4n) is 6.01. The minimum absolute atomic E-state index is 0.0676. The lowest BCUT2D eigenvalue weighted by Crippen LogP contribution is -2.47. The van der Waals surface area contributed by atoms with Gasteiger partial charge < -0.3 is 23.6 Å². The Bertz CT molecular complexity index is 1380. The molecule has 2 aromatic heterocycles. The SMILES string of the molecule is COC(=O)c1cnc(N2C3CC(OCc4c(-c5ccccc5OC(F)(F)F)noc4C4CC4)CC2C(C)C3)nc1. The summed E-state index contributed by atoms with van der Waals surface area (Å²) in [5.41, 5.74) is 1.49. The molecule has 9 nitrogen and oxygen atoms in total. The smallest absolute Gasteiger partial charge is 0.465 e. The third-order valence-electron chi connectivity index (χ3n) is 7.98. The summed E-state index contributed by atoms with van der Waals surface area (Å²) in [6.45, 7) is 2.37. The Morgan fingerprint density at radius 2 is 1.88 bits per heavy atom. The summed E-state index contributed by atoms with van der Waals surface area (Å²) in [7, 11) is 1.31. The Balaban J connectivity index is 1.20. The summed E-state index contributed by atoms with van der Waals surface area (Å²) in [5, 5.41) is 4.17. The first-order chi connectivity index (χ1) is 19.2. The molecule has 0 amide bonds. The van der Waals surface area contributed by atoms with Gasteiger partial charge in [0, 0.05) is 41.5 Å². The van der Waals surface area contributed by atoms with Gasteiger partial charge in [-0.3, -0.25) is 0 Å². The lowest BCUT2D eigenvalue weighted by atomic mass is 9.97. The average Bonchev–Trinajstić information content (AvgIpc) is 3.65. The second-order valence-corrected chi connectivity index (χ2v) is 10.7. The normalized spacial score (nSPS) is 24.3. The molecule has 212 valence electrons. The molecule has 4 atom stereocenters. The molecule has 2 saturated heterocycles. The molecule has 6 rings (SSSR count). The summed E-state index contributed by atoms with van der Waals surface area (Å²) in [4.78, 5) is 22.9. The van der Waals surface area contributed by atoms with Crippen molar-refractivity contribution in [3.05, 3.63) is 53.5 Å². The van der Waals surface area contributed by atoms with Crippen molar-refractivity contribution in [3.63, 3.8) is 0 Å². The third-order valence-corrected chi connectivity index (χ3v) is 7.98. The van der Waals surface area contributed by atoms with E-state index in [0.29, 0.717) is 34.4 Å². The number of hydrogen-bond donors (Lipinski definition) is 0. The number of anilines is 1. The molecule has 2 aliphatic heterocycles. The first kappa shape index (κ1) is 26.5. The van der Waals surface area contributed by atoms with E-state index in [1.165, 1.54) is 31.6 Å². The zero-order chi connectivity index (χ0) is 28.0. The van der Waals surface area contributed by atoms with E-state index in [9.17, 15) is 18.0 Å². The van der Waals surface area contributed by atoms with Crippen molar-refractivity contribution in [3.8, 4) is 17.0 Å². The zero-order valence-electron chi connectivity index (χ0n) is 22.1. The number of methoxy groups -OCH3 is 1. The second kappa shape index (κ2) is 10.4. The van der Waals surface area contributed by atoms with Crippen LogP contribution in [0.2, 0.25) is 0 Å². The Kier molecular flexibility index (Phi) is 6.89. The van der Waals surface area contributed by atoms with Crippen molar-refractivity contribution in [2.24, 2.45) is 5.92 Å². The number of halogens is 3. The number of carbonyl (C=O) groups excluding carboxylic acids is 1. The molecule has 1 saturated carbocycles. The molecule has 1 aliphatic carbocycles. The summed E-state index contributed by atoms with van der Waals surface area (Å²) >= 11 is 0. The molecule has 12 heteroatoms. The fourth-order valence-corrected chi connectivity index (χ4v) is 6.01. The predicted octanol–water partition coefficient (Wildman–Crippen LogP) is 5.66. The lowest BCUT2D eigenvalue weighted by molar-refractivity contribution is -0.274. The van der Waals surface area contributed by atoms with Gasteiger partial charge in [-0.05, 0) is 50.2 Å². The molecule has 3 aliphatic rings. The van der Waals surface area contributed by atoms with Crippen LogP contribution in [0, 0.1) is 5.92 Å². The Hall–Kier alpha value is -3.67. The summed E-state index contributed by atoms with van der Waals surface area (Å²) < 4.78 is 60.4. The van der Waals surface area contributed by atoms with Crippen LogP contribution < -0.4 is 9.64 Å². The molecule has 3 aromatic rings. The van der Waals surface area contributed by atoms with Gasteiger partial charge in [-0.1, -0.05) is 24.2 Å². The van der Waals surface area contributed by atoms with Crippen LogP contribution in [0.25, 0.3) is 11.3 Å². The van der Waals surface area contributed by atoms with Crippen molar-refractivity contribution < 1.29 is 36.7 Å². The molecular weight excluding hydrogens is 529 g/mol. The summed E-state index contributed by atoms with van der Waals surface area (Å²) in [6.07, 6.45) is 2.39.